The smallest absolute Gasteiger partial charge is 0.422 e. The molecule has 0 aliphatic heterocycles. The van der Waals surface area contributed by atoms with Crippen molar-refractivity contribution in [3.63, 3.8) is 0 Å². The minimum absolute atomic E-state index is 0.00994. The Balaban J connectivity index is 1.52. The van der Waals surface area contributed by atoms with Crippen molar-refractivity contribution in [1.82, 2.24) is 15.3 Å². The average Bonchev–Trinajstić information content (AvgIpc) is 3.21. The van der Waals surface area contributed by atoms with Gasteiger partial charge in [-0.2, -0.15) is 13.2 Å². The third kappa shape index (κ3) is 6.06. The van der Waals surface area contributed by atoms with E-state index in [4.69, 9.17) is 4.42 Å². The van der Waals surface area contributed by atoms with Crippen LogP contribution in [0.1, 0.15) is 24.2 Å². The minimum Gasteiger partial charge on any atom is -0.483 e. The summed E-state index contributed by atoms with van der Waals surface area (Å²) in [6, 6.07) is 9.76. The molecule has 0 bridgehead atoms. The van der Waals surface area contributed by atoms with Crippen molar-refractivity contribution in [3.8, 4) is 17.2 Å². The first-order chi connectivity index (χ1) is 13.8. The fraction of sp³-hybridized carbons (Fsp3) is 0.250. The number of carbonyl (C=O) groups is 1. The first kappa shape index (κ1) is 20.4. The molecule has 9 heteroatoms. The number of benzene rings is 1. The topological polar surface area (TPSA) is 77.2 Å². The third-order valence-corrected chi connectivity index (χ3v) is 3.98. The van der Waals surface area contributed by atoms with E-state index in [-0.39, 0.29) is 18.1 Å². The molecule has 2 aromatic heterocycles. The van der Waals surface area contributed by atoms with E-state index < -0.39 is 18.8 Å². The number of hydrogen-bond acceptors (Lipinski definition) is 5. The number of alkyl halides is 3. The van der Waals surface area contributed by atoms with Crippen molar-refractivity contribution in [3.05, 3.63) is 66.3 Å². The Morgan fingerprint density at radius 3 is 2.52 bits per heavy atom. The number of pyridine rings is 1. The summed E-state index contributed by atoms with van der Waals surface area (Å²) in [6.45, 7) is 0.358. The van der Waals surface area contributed by atoms with Crippen molar-refractivity contribution in [2.45, 2.75) is 25.6 Å². The second-order valence-electron chi connectivity index (χ2n) is 6.32. The van der Waals surface area contributed by atoms with Crippen LogP contribution in [0.15, 0.2) is 59.5 Å². The first-order valence-electron chi connectivity index (χ1n) is 8.74. The normalized spacial score (nSPS) is 12.4. The van der Waals surface area contributed by atoms with Crippen LogP contribution in [0.4, 0.5) is 13.2 Å². The standard InChI is InChI=1S/C20H18F3N3O3/c1-13(17-7-6-16(11-25-17)29-12-20(21,22)23)26-18(27)10-14-2-4-15(5-3-14)19-24-8-9-28-19/h2-9,11,13H,10,12H2,1H3,(H,26,27)/t13-/m1/s1. The number of hydrogen-bond donors (Lipinski definition) is 1. The van der Waals surface area contributed by atoms with Gasteiger partial charge >= 0.3 is 6.18 Å². The molecule has 3 rings (SSSR count). The molecule has 152 valence electrons. The zero-order chi connectivity index (χ0) is 20.9. The third-order valence-electron chi connectivity index (χ3n) is 3.98. The van der Waals surface area contributed by atoms with Crippen LogP contribution in [0.3, 0.4) is 0 Å². The second-order valence-corrected chi connectivity index (χ2v) is 6.32. The Labute approximate surface area is 164 Å². The molecular weight excluding hydrogens is 387 g/mol. The van der Waals surface area contributed by atoms with Gasteiger partial charge in [0.05, 0.1) is 30.6 Å². The number of ether oxygens (including phenoxy) is 1. The highest BCUT2D eigenvalue weighted by Gasteiger charge is 2.28. The van der Waals surface area contributed by atoms with Crippen LogP contribution in [0.25, 0.3) is 11.5 Å². The molecule has 3 aromatic rings. The Kier molecular flexibility index (Phi) is 6.16. The van der Waals surface area contributed by atoms with E-state index in [0.717, 1.165) is 11.1 Å². The van der Waals surface area contributed by atoms with Gasteiger partial charge in [0, 0.05) is 5.56 Å². The van der Waals surface area contributed by atoms with E-state index >= 15 is 0 Å². The van der Waals surface area contributed by atoms with Gasteiger partial charge in [0.1, 0.15) is 12.0 Å². The SMILES string of the molecule is C[C@@H](NC(=O)Cc1ccc(-c2ncco2)cc1)c1ccc(OCC(F)(F)F)cn1. The van der Waals surface area contributed by atoms with E-state index in [0.29, 0.717) is 11.6 Å². The van der Waals surface area contributed by atoms with Crippen LogP contribution in [0.2, 0.25) is 0 Å². The van der Waals surface area contributed by atoms with Crippen molar-refractivity contribution < 1.29 is 27.1 Å². The van der Waals surface area contributed by atoms with Crippen molar-refractivity contribution in [2.24, 2.45) is 0 Å². The molecule has 0 aliphatic carbocycles. The molecule has 1 amide bonds. The van der Waals surface area contributed by atoms with Crippen LogP contribution in [0.5, 0.6) is 5.75 Å². The number of amides is 1. The van der Waals surface area contributed by atoms with Gasteiger partial charge in [0.2, 0.25) is 11.8 Å². The van der Waals surface area contributed by atoms with Gasteiger partial charge < -0.3 is 14.5 Å². The van der Waals surface area contributed by atoms with Crippen molar-refractivity contribution in [1.29, 1.82) is 0 Å². The molecule has 1 aromatic carbocycles. The maximum absolute atomic E-state index is 12.3. The van der Waals surface area contributed by atoms with Crippen LogP contribution in [0, 0.1) is 0 Å². The van der Waals surface area contributed by atoms with Crippen molar-refractivity contribution >= 4 is 5.91 Å². The number of nitrogens with zero attached hydrogens (tertiary/aromatic N) is 2. The maximum Gasteiger partial charge on any atom is 0.422 e. The Morgan fingerprint density at radius 2 is 1.93 bits per heavy atom. The van der Waals surface area contributed by atoms with Crippen LogP contribution in [-0.2, 0) is 11.2 Å². The molecule has 0 saturated carbocycles. The zero-order valence-electron chi connectivity index (χ0n) is 15.4. The highest BCUT2D eigenvalue weighted by molar-refractivity contribution is 5.79. The number of halogens is 3. The molecule has 0 aliphatic rings. The highest BCUT2D eigenvalue weighted by Crippen LogP contribution is 2.20. The monoisotopic (exact) mass is 405 g/mol. The summed E-state index contributed by atoms with van der Waals surface area (Å²) in [5, 5.41) is 2.81. The van der Waals surface area contributed by atoms with Gasteiger partial charge in [-0.15, -0.1) is 0 Å². The van der Waals surface area contributed by atoms with Gasteiger partial charge in [-0.1, -0.05) is 12.1 Å². The lowest BCUT2D eigenvalue weighted by Gasteiger charge is -2.14. The van der Waals surface area contributed by atoms with Gasteiger partial charge in [0.15, 0.2) is 6.61 Å². The number of aromatic nitrogens is 2. The van der Waals surface area contributed by atoms with Gasteiger partial charge in [0.25, 0.3) is 0 Å². The molecular formula is C20H18F3N3O3. The fourth-order valence-corrected chi connectivity index (χ4v) is 2.58. The largest absolute Gasteiger partial charge is 0.483 e. The van der Waals surface area contributed by atoms with E-state index in [1.165, 1.54) is 24.6 Å². The van der Waals surface area contributed by atoms with Crippen LogP contribution in [-0.4, -0.2) is 28.7 Å². The highest BCUT2D eigenvalue weighted by atomic mass is 19.4. The van der Waals surface area contributed by atoms with Crippen molar-refractivity contribution in [2.75, 3.05) is 6.61 Å². The lowest BCUT2D eigenvalue weighted by atomic mass is 10.1. The quantitative estimate of drug-likeness (QED) is 0.641. The summed E-state index contributed by atoms with van der Waals surface area (Å²) < 4.78 is 46.3. The summed E-state index contributed by atoms with van der Waals surface area (Å²) >= 11 is 0. The molecule has 29 heavy (non-hydrogen) atoms. The number of rotatable bonds is 7. The molecule has 0 saturated heterocycles. The summed E-state index contributed by atoms with van der Waals surface area (Å²) in [5.74, 6) is 0.305. The summed E-state index contributed by atoms with van der Waals surface area (Å²) in [7, 11) is 0. The molecule has 0 spiro atoms. The molecule has 6 nitrogen and oxygen atoms in total. The lowest BCUT2D eigenvalue weighted by molar-refractivity contribution is -0.153. The summed E-state index contributed by atoms with van der Waals surface area (Å²) in [5.41, 5.74) is 2.13. The van der Waals surface area contributed by atoms with E-state index in [1.54, 1.807) is 13.1 Å². The predicted molar refractivity (Wildman–Crippen MR) is 98.0 cm³/mol. The average molecular weight is 405 g/mol. The molecule has 0 fully saturated rings. The lowest BCUT2D eigenvalue weighted by Crippen LogP contribution is -2.28. The Bertz CT molecular complexity index is 924. The second kappa shape index (κ2) is 8.76. The molecule has 0 radical (unpaired) electrons. The first-order valence-corrected chi connectivity index (χ1v) is 8.74. The van der Waals surface area contributed by atoms with Gasteiger partial charge in [-0.25, -0.2) is 4.98 Å². The number of oxazole rings is 1. The molecule has 0 unspecified atom stereocenters. The number of nitrogens with one attached hydrogen (secondary N) is 1. The minimum atomic E-state index is -4.41. The maximum atomic E-state index is 12.3. The fourth-order valence-electron chi connectivity index (χ4n) is 2.58. The van der Waals surface area contributed by atoms with E-state index in [1.807, 2.05) is 24.3 Å². The Hall–Kier alpha value is -3.36. The van der Waals surface area contributed by atoms with Gasteiger partial charge in [-0.05, 0) is 36.8 Å². The van der Waals surface area contributed by atoms with Gasteiger partial charge in [-0.3, -0.25) is 9.78 Å². The Morgan fingerprint density at radius 1 is 1.17 bits per heavy atom. The summed E-state index contributed by atoms with van der Waals surface area (Å²) in [6.07, 6.45) is 0.00289. The number of carbonyl (C=O) groups excluding carboxylic acids is 1. The predicted octanol–water partition coefficient (Wildman–Crippen LogP) is 4.10. The van der Waals surface area contributed by atoms with Crippen LogP contribution < -0.4 is 10.1 Å². The zero-order valence-corrected chi connectivity index (χ0v) is 15.4. The molecule has 1 atom stereocenters. The van der Waals surface area contributed by atoms with E-state index in [9.17, 15) is 18.0 Å². The van der Waals surface area contributed by atoms with E-state index in [2.05, 4.69) is 20.0 Å². The molecule has 2 heterocycles. The van der Waals surface area contributed by atoms with Crippen LogP contribution >= 0.6 is 0 Å². The summed E-state index contributed by atoms with van der Waals surface area (Å²) in [4.78, 5) is 20.4. The molecule has 1 N–H and O–H groups in total.